The van der Waals surface area contributed by atoms with Gasteiger partial charge in [-0.15, -0.1) is 21.5 Å². The molecule has 1 aliphatic carbocycles. The minimum absolute atomic E-state index is 0.0100. The second-order valence-corrected chi connectivity index (χ2v) is 9.24. The lowest BCUT2D eigenvalue weighted by Crippen LogP contribution is -2.52. The summed E-state index contributed by atoms with van der Waals surface area (Å²) in [7, 11) is 0. The van der Waals surface area contributed by atoms with Gasteiger partial charge in [-0.1, -0.05) is 6.07 Å². The molecule has 2 fully saturated rings. The Labute approximate surface area is 195 Å². The molecule has 2 amide bonds. The van der Waals surface area contributed by atoms with Crippen molar-refractivity contribution in [3.63, 3.8) is 0 Å². The molecular weight excluding hydrogens is 441 g/mol. The van der Waals surface area contributed by atoms with Crippen molar-refractivity contribution in [3.8, 4) is 11.3 Å². The monoisotopic (exact) mass is 465 g/mol. The second kappa shape index (κ2) is 9.27. The van der Waals surface area contributed by atoms with Crippen LogP contribution in [0.4, 0.5) is 10.2 Å². The number of carbonyl (C=O) groups excluding carboxylic acids is 2. The van der Waals surface area contributed by atoms with Crippen LogP contribution in [0.5, 0.6) is 0 Å². The van der Waals surface area contributed by atoms with E-state index in [-0.39, 0.29) is 30.2 Å². The van der Waals surface area contributed by atoms with E-state index in [1.807, 2.05) is 34.5 Å². The Morgan fingerprint density at radius 1 is 1.00 bits per heavy atom. The SMILES string of the molecule is O=C(CN(C(=O)c1cccs1)C1CC1)N1CCN(c2ccc(-c3ccc(F)cc3)nn2)CC1. The minimum atomic E-state index is -0.285. The molecule has 0 unspecified atom stereocenters. The van der Waals surface area contributed by atoms with Crippen LogP contribution in [0.2, 0.25) is 0 Å². The van der Waals surface area contributed by atoms with Gasteiger partial charge in [0.15, 0.2) is 5.82 Å². The summed E-state index contributed by atoms with van der Waals surface area (Å²) < 4.78 is 13.1. The van der Waals surface area contributed by atoms with Crippen molar-refractivity contribution < 1.29 is 14.0 Å². The number of hydrogen-bond acceptors (Lipinski definition) is 6. The van der Waals surface area contributed by atoms with Gasteiger partial charge in [0.2, 0.25) is 5.91 Å². The van der Waals surface area contributed by atoms with E-state index in [1.165, 1.54) is 23.5 Å². The van der Waals surface area contributed by atoms with Gasteiger partial charge in [0.05, 0.1) is 10.6 Å². The van der Waals surface area contributed by atoms with Crippen LogP contribution in [0.1, 0.15) is 22.5 Å². The van der Waals surface area contributed by atoms with Gasteiger partial charge in [-0.3, -0.25) is 9.59 Å². The van der Waals surface area contributed by atoms with Crippen molar-refractivity contribution in [2.45, 2.75) is 18.9 Å². The number of piperazine rings is 1. The van der Waals surface area contributed by atoms with Crippen LogP contribution in [-0.2, 0) is 4.79 Å². The standard InChI is InChI=1S/C24H24FN5O2S/c25-18-5-3-17(4-6-18)20-9-10-22(27-26-20)28-11-13-29(14-12-28)23(31)16-30(19-7-8-19)24(32)21-2-1-15-33-21/h1-6,9-10,15,19H,7-8,11-14,16H2. The Kier molecular flexibility index (Phi) is 6.04. The molecule has 3 aromatic rings. The first-order chi connectivity index (χ1) is 16.1. The normalized spacial score (nSPS) is 16.0. The number of carbonyl (C=O) groups is 2. The van der Waals surface area contributed by atoms with Crippen molar-refractivity contribution in [1.29, 1.82) is 0 Å². The fourth-order valence-electron chi connectivity index (χ4n) is 3.99. The molecule has 7 nitrogen and oxygen atoms in total. The average molecular weight is 466 g/mol. The fourth-order valence-corrected chi connectivity index (χ4v) is 4.67. The number of amides is 2. The summed E-state index contributed by atoms with van der Waals surface area (Å²) in [5.41, 5.74) is 1.49. The highest BCUT2D eigenvalue weighted by atomic mass is 32.1. The highest BCUT2D eigenvalue weighted by Crippen LogP contribution is 2.29. The topological polar surface area (TPSA) is 69.6 Å². The lowest BCUT2D eigenvalue weighted by Gasteiger charge is -2.36. The molecule has 9 heteroatoms. The number of thiophene rings is 1. The zero-order chi connectivity index (χ0) is 22.8. The van der Waals surface area contributed by atoms with Crippen LogP contribution in [-0.4, -0.2) is 70.6 Å². The van der Waals surface area contributed by atoms with E-state index in [4.69, 9.17) is 0 Å². The van der Waals surface area contributed by atoms with Gasteiger partial charge in [0, 0.05) is 37.8 Å². The summed E-state index contributed by atoms with van der Waals surface area (Å²) in [5.74, 6) is 0.410. The number of aromatic nitrogens is 2. The lowest BCUT2D eigenvalue weighted by atomic mass is 10.1. The third-order valence-corrected chi connectivity index (χ3v) is 6.89. The zero-order valence-corrected chi connectivity index (χ0v) is 18.9. The van der Waals surface area contributed by atoms with Crippen molar-refractivity contribution in [2.24, 2.45) is 0 Å². The Morgan fingerprint density at radius 2 is 1.76 bits per heavy atom. The lowest BCUT2D eigenvalue weighted by molar-refractivity contribution is -0.132. The van der Waals surface area contributed by atoms with E-state index in [0.29, 0.717) is 36.8 Å². The maximum Gasteiger partial charge on any atom is 0.264 e. The molecule has 1 saturated carbocycles. The largest absolute Gasteiger partial charge is 0.352 e. The maximum atomic E-state index is 13.1. The molecule has 0 radical (unpaired) electrons. The molecule has 0 N–H and O–H groups in total. The molecule has 2 aromatic heterocycles. The Hall–Kier alpha value is -3.33. The molecule has 170 valence electrons. The Balaban J connectivity index is 1.17. The van der Waals surface area contributed by atoms with E-state index in [1.54, 1.807) is 17.0 Å². The summed E-state index contributed by atoms with van der Waals surface area (Å²) in [6.07, 6.45) is 1.93. The predicted molar refractivity (Wildman–Crippen MR) is 125 cm³/mol. The number of benzene rings is 1. The molecule has 33 heavy (non-hydrogen) atoms. The Bertz CT molecular complexity index is 1110. The maximum absolute atomic E-state index is 13.1. The van der Waals surface area contributed by atoms with Crippen molar-refractivity contribution in [2.75, 3.05) is 37.6 Å². The first kappa shape index (κ1) is 21.5. The highest BCUT2D eigenvalue weighted by Gasteiger charge is 2.36. The van der Waals surface area contributed by atoms with E-state index in [0.717, 1.165) is 24.2 Å². The number of rotatable bonds is 6. The molecule has 0 bridgehead atoms. The third-order valence-electron chi connectivity index (χ3n) is 6.03. The molecule has 1 saturated heterocycles. The van der Waals surface area contributed by atoms with Crippen molar-refractivity contribution in [3.05, 3.63) is 64.6 Å². The van der Waals surface area contributed by atoms with Crippen LogP contribution < -0.4 is 4.90 Å². The van der Waals surface area contributed by atoms with Gasteiger partial charge >= 0.3 is 0 Å². The van der Waals surface area contributed by atoms with Gasteiger partial charge < -0.3 is 14.7 Å². The first-order valence-corrected chi connectivity index (χ1v) is 11.9. The molecule has 5 rings (SSSR count). The van der Waals surface area contributed by atoms with Crippen LogP contribution in [0.25, 0.3) is 11.3 Å². The van der Waals surface area contributed by atoms with Crippen LogP contribution in [0.15, 0.2) is 53.9 Å². The molecule has 3 heterocycles. The smallest absolute Gasteiger partial charge is 0.264 e. The van der Waals surface area contributed by atoms with Gasteiger partial charge in [0.1, 0.15) is 12.4 Å². The molecule has 2 aliphatic rings. The number of nitrogens with zero attached hydrogens (tertiary/aromatic N) is 5. The molecule has 1 aliphatic heterocycles. The summed E-state index contributed by atoms with van der Waals surface area (Å²) in [5, 5.41) is 10.5. The van der Waals surface area contributed by atoms with Gasteiger partial charge in [-0.25, -0.2) is 4.39 Å². The van der Waals surface area contributed by atoms with Crippen LogP contribution in [0.3, 0.4) is 0 Å². The number of halogens is 1. The molecule has 0 atom stereocenters. The van der Waals surface area contributed by atoms with E-state index in [9.17, 15) is 14.0 Å². The average Bonchev–Trinajstić information content (AvgIpc) is 3.55. The summed E-state index contributed by atoms with van der Waals surface area (Å²) >= 11 is 1.41. The van der Waals surface area contributed by atoms with Crippen LogP contribution >= 0.6 is 11.3 Å². The highest BCUT2D eigenvalue weighted by molar-refractivity contribution is 7.12. The molecule has 1 aromatic carbocycles. The predicted octanol–water partition coefficient (Wildman–Crippen LogP) is 3.30. The van der Waals surface area contributed by atoms with E-state index >= 15 is 0 Å². The van der Waals surface area contributed by atoms with Crippen LogP contribution in [0, 0.1) is 5.82 Å². The minimum Gasteiger partial charge on any atom is -0.352 e. The fraction of sp³-hybridized carbons (Fsp3) is 0.333. The number of hydrogen-bond donors (Lipinski definition) is 0. The van der Waals surface area contributed by atoms with Crippen molar-refractivity contribution in [1.82, 2.24) is 20.0 Å². The summed E-state index contributed by atoms with van der Waals surface area (Å²) in [6.45, 7) is 2.59. The zero-order valence-electron chi connectivity index (χ0n) is 18.1. The van der Waals surface area contributed by atoms with Gasteiger partial charge in [-0.2, -0.15) is 0 Å². The van der Waals surface area contributed by atoms with Gasteiger partial charge in [0.25, 0.3) is 5.91 Å². The van der Waals surface area contributed by atoms with E-state index < -0.39 is 0 Å². The molecule has 0 spiro atoms. The summed E-state index contributed by atoms with van der Waals surface area (Å²) in [6, 6.07) is 13.8. The Morgan fingerprint density at radius 3 is 2.36 bits per heavy atom. The second-order valence-electron chi connectivity index (χ2n) is 8.29. The van der Waals surface area contributed by atoms with Gasteiger partial charge in [-0.05, 0) is 60.7 Å². The molecular formula is C24H24FN5O2S. The quantitative estimate of drug-likeness (QED) is 0.559. The van der Waals surface area contributed by atoms with Crippen molar-refractivity contribution >= 4 is 29.0 Å². The number of anilines is 1. The summed E-state index contributed by atoms with van der Waals surface area (Å²) in [4.78, 5) is 32.1. The third kappa shape index (κ3) is 4.88. The first-order valence-electron chi connectivity index (χ1n) is 11.1. The van der Waals surface area contributed by atoms with E-state index in [2.05, 4.69) is 15.1 Å².